The van der Waals surface area contributed by atoms with Gasteiger partial charge in [0.2, 0.25) is 0 Å². The van der Waals surface area contributed by atoms with Gasteiger partial charge in [-0.25, -0.2) is 9.78 Å². The highest BCUT2D eigenvalue weighted by atomic mass is 35.5. The van der Waals surface area contributed by atoms with Crippen molar-refractivity contribution >= 4 is 51.4 Å². The van der Waals surface area contributed by atoms with Crippen molar-refractivity contribution in [2.75, 3.05) is 0 Å². The molecule has 3 aromatic rings. The number of carboxylic acids is 1. The first-order valence-corrected chi connectivity index (χ1v) is 7.94. The number of pyridine rings is 1. The van der Waals surface area contributed by atoms with Crippen LogP contribution in [0.15, 0.2) is 30.3 Å². The summed E-state index contributed by atoms with van der Waals surface area (Å²) in [6.45, 7) is 0. The third-order valence-electron chi connectivity index (χ3n) is 3.30. The van der Waals surface area contributed by atoms with E-state index in [0.717, 1.165) is 29.5 Å². The number of fused-ring (bicyclic) bond motifs is 1. The van der Waals surface area contributed by atoms with Gasteiger partial charge in [-0.15, -0.1) is 11.3 Å². The highest BCUT2D eigenvalue weighted by Gasteiger charge is 2.31. The third kappa shape index (κ3) is 3.07. The number of thiophene rings is 1. The number of hydrogen-bond acceptors (Lipinski definition) is 3. The quantitative estimate of drug-likeness (QED) is 0.583. The normalized spacial score (nSPS) is 11.9. The molecule has 2 heterocycles. The Morgan fingerprint density at radius 2 is 1.88 bits per heavy atom. The van der Waals surface area contributed by atoms with Crippen molar-refractivity contribution in [2.24, 2.45) is 0 Å². The molecule has 0 aliphatic rings. The first-order valence-electron chi connectivity index (χ1n) is 6.37. The van der Waals surface area contributed by atoms with Gasteiger partial charge in [-0.2, -0.15) is 13.2 Å². The second-order valence-corrected chi connectivity index (χ2v) is 7.11. The lowest BCUT2D eigenvalue weighted by Crippen LogP contribution is -2.06. The van der Waals surface area contributed by atoms with E-state index in [4.69, 9.17) is 23.2 Å². The second-order valence-electron chi connectivity index (χ2n) is 4.83. The topological polar surface area (TPSA) is 50.2 Å². The number of alkyl halides is 3. The molecule has 24 heavy (non-hydrogen) atoms. The minimum Gasteiger partial charge on any atom is -0.478 e. The van der Waals surface area contributed by atoms with Crippen LogP contribution in [0.25, 0.3) is 22.2 Å². The van der Waals surface area contributed by atoms with Crippen LogP contribution in [0.2, 0.25) is 8.67 Å². The molecule has 1 N–H and O–H groups in total. The SMILES string of the molecule is O=C(O)c1cc(-c2cc(Cl)sc2Cl)nc2ccc(C(F)(F)F)cc12. The maximum Gasteiger partial charge on any atom is 0.416 e. The molecule has 0 bridgehead atoms. The highest BCUT2D eigenvalue weighted by molar-refractivity contribution is 7.20. The largest absolute Gasteiger partial charge is 0.478 e. The number of carboxylic acid groups (broad SMARTS) is 1. The molecule has 0 saturated heterocycles. The number of nitrogens with zero attached hydrogens (tertiary/aromatic N) is 1. The molecule has 0 radical (unpaired) electrons. The van der Waals surface area contributed by atoms with Crippen LogP contribution >= 0.6 is 34.5 Å². The van der Waals surface area contributed by atoms with Gasteiger partial charge in [-0.1, -0.05) is 23.2 Å². The molecule has 0 unspecified atom stereocenters. The maximum absolute atomic E-state index is 12.8. The number of hydrogen-bond donors (Lipinski definition) is 1. The summed E-state index contributed by atoms with van der Waals surface area (Å²) in [4.78, 5) is 15.7. The van der Waals surface area contributed by atoms with Crippen LogP contribution in [0.4, 0.5) is 13.2 Å². The number of aromatic carboxylic acids is 1. The lowest BCUT2D eigenvalue weighted by molar-refractivity contribution is -0.137. The molecule has 3 rings (SSSR count). The molecular formula is C15H6Cl2F3NO2S. The van der Waals surface area contributed by atoms with Crippen LogP contribution in [0, 0.1) is 0 Å². The van der Waals surface area contributed by atoms with Crippen LogP contribution < -0.4 is 0 Å². The number of carbonyl (C=O) groups is 1. The van der Waals surface area contributed by atoms with E-state index in [2.05, 4.69) is 4.98 Å². The zero-order chi connectivity index (χ0) is 17.6. The molecule has 0 saturated carbocycles. The summed E-state index contributed by atoms with van der Waals surface area (Å²) in [7, 11) is 0. The van der Waals surface area contributed by atoms with Crippen molar-refractivity contribution < 1.29 is 23.1 Å². The number of benzene rings is 1. The highest BCUT2D eigenvalue weighted by Crippen LogP contribution is 2.39. The van der Waals surface area contributed by atoms with Crippen molar-refractivity contribution in [2.45, 2.75) is 6.18 Å². The van der Waals surface area contributed by atoms with E-state index in [1.807, 2.05) is 0 Å². The zero-order valence-corrected chi connectivity index (χ0v) is 13.8. The molecule has 1 aromatic carbocycles. The smallest absolute Gasteiger partial charge is 0.416 e. The Morgan fingerprint density at radius 3 is 2.42 bits per heavy atom. The van der Waals surface area contributed by atoms with Gasteiger partial charge in [0.05, 0.1) is 26.7 Å². The molecule has 0 atom stereocenters. The average molecular weight is 392 g/mol. The van der Waals surface area contributed by atoms with Crippen LogP contribution in [-0.4, -0.2) is 16.1 Å². The Balaban J connectivity index is 2.30. The molecule has 0 amide bonds. The van der Waals surface area contributed by atoms with Crippen molar-refractivity contribution in [3.8, 4) is 11.3 Å². The molecule has 9 heteroatoms. The minimum absolute atomic E-state index is 0.0986. The summed E-state index contributed by atoms with van der Waals surface area (Å²) in [6, 6.07) is 5.48. The van der Waals surface area contributed by atoms with Crippen molar-refractivity contribution in [3.05, 3.63) is 50.1 Å². The number of aromatic nitrogens is 1. The minimum atomic E-state index is -4.58. The molecule has 0 spiro atoms. The molecule has 3 nitrogen and oxygen atoms in total. The predicted octanol–water partition coefficient (Wildman–Crippen LogP) is 5.99. The molecule has 0 aliphatic carbocycles. The fourth-order valence-corrected chi connectivity index (χ4v) is 3.71. The number of rotatable bonds is 2. The molecule has 0 fully saturated rings. The zero-order valence-electron chi connectivity index (χ0n) is 11.5. The summed E-state index contributed by atoms with van der Waals surface area (Å²) < 4.78 is 39.3. The van der Waals surface area contributed by atoms with Gasteiger partial charge < -0.3 is 5.11 Å². The summed E-state index contributed by atoms with van der Waals surface area (Å²) in [5.74, 6) is -1.36. The van der Waals surface area contributed by atoms with Gasteiger partial charge in [-0.05, 0) is 30.3 Å². The lowest BCUT2D eigenvalue weighted by atomic mass is 10.0. The van der Waals surface area contributed by atoms with Gasteiger partial charge in [0.1, 0.15) is 4.34 Å². The van der Waals surface area contributed by atoms with E-state index in [0.29, 0.717) is 14.2 Å². The fraction of sp³-hybridized carbons (Fsp3) is 0.0667. The Labute approximate surface area is 147 Å². The van der Waals surface area contributed by atoms with Crippen molar-refractivity contribution in [1.82, 2.24) is 4.98 Å². The van der Waals surface area contributed by atoms with E-state index in [1.54, 1.807) is 0 Å². The Kier molecular flexibility index (Phi) is 4.19. The van der Waals surface area contributed by atoms with Gasteiger partial charge in [0.25, 0.3) is 0 Å². The summed E-state index contributed by atoms with van der Waals surface area (Å²) in [5, 5.41) is 9.26. The van der Waals surface area contributed by atoms with E-state index in [9.17, 15) is 23.1 Å². The van der Waals surface area contributed by atoms with Gasteiger partial charge in [0, 0.05) is 10.9 Å². The Hall–Kier alpha value is -1.83. The van der Waals surface area contributed by atoms with E-state index < -0.39 is 17.7 Å². The van der Waals surface area contributed by atoms with Crippen LogP contribution in [0.1, 0.15) is 15.9 Å². The second kappa shape index (κ2) is 5.91. The van der Waals surface area contributed by atoms with E-state index in [1.165, 1.54) is 12.1 Å². The van der Waals surface area contributed by atoms with E-state index >= 15 is 0 Å². The first-order chi connectivity index (χ1) is 11.2. The monoisotopic (exact) mass is 391 g/mol. The fourth-order valence-electron chi connectivity index (χ4n) is 2.23. The maximum atomic E-state index is 12.8. The predicted molar refractivity (Wildman–Crippen MR) is 87.0 cm³/mol. The lowest BCUT2D eigenvalue weighted by Gasteiger charge is -2.10. The summed E-state index contributed by atoms with van der Waals surface area (Å²) in [6.07, 6.45) is -4.58. The van der Waals surface area contributed by atoms with Gasteiger partial charge in [0.15, 0.2) is 0 Å². The average Bonchev–Trinajstić information content (AvgIpc) is 2.83. The van der Waals surface area contributed by atoms with Gasteiger partial charge >= 0.3 is 12.1 Å². The van der Waals surface area contributed by atoms with Crippen LogP contribution in [0.3, 0.4) is 0 Å². The number of halogens is 5. The Morgan fingerprint density at radius 1 is 1.17 bits per heavy atom. The van der Waals surface area contributed by atoms with Gasteiger partial charge in [-0.3, -0.25) is 0 Å². The first kappa shape index (κ1) is 17.0. The molecule has 2 aromatic heterocycles. The summed E-state index contributed by atoms with van der Waals surface area (Å²) in [5.41, 5.74) is -0.455. The molecule has 124 valence electrons. The molecular weight excluding hydrogens is 386 g/mol. The summed E-state index contributed by atoms with van der Waals surface area (Å²) >= 11 is 13.0. The standard InChI is InChI=1S/C15H6Cl2F3NO2S/c16-12-5-9(13(17)24-12)11-4-8(14(22)23)7-3-6(15(18,19)20)1-2-10(7)21-11/h1-5H,(H,22,23). The van der Waals surface area contributed by atoms with E-state index in [-0.39, 0.29) is 22.2 Å². The van der Waals surface area contributed by atoms with Crippen molar-refractivity contribution in [1.29, 1.82) is 0 Å². The Bertz CT molecular complexity index is 969. The molecule has 0 aliphatic heterocycles. The third-order valence-corrected chi connectivity index (χ3v) is 4.79. The van der Waals surface area contributed by atoms with Crippen LogP contribution in [0.5, 0.6) is 0 Å². The van der Waals surface area contributed by atoms with Crippen molar-refractivity contribution in [3.63, 3.8) is 0 Å². The van der Waals surface area contributed by atoms with Crippen LogP contribution in [-0.2, 0) is 6.18 Å².